The van der Waals surface area contributed by atoms with Gasteiger partial charge in [-0.2, -0.15) is 0 Å². The molecule has 0 radical (unpaired) electrons. The molecule has 1 aliphatic rings. The fraction of sp³-hybridized carbons (Fsp3) is 0.529. The Labute approximate surface area is 147 Å². The van der Waals surface area contributed by atoms with Crippen LogP contribution in [0.2, 0.25) is 0 Å². The number of aliphatic hydroxyl groups excluding tert-OH is 2. The standard InChI is InChI=1S/C17H24N6O2/c1-12-20-15(8-16(21-12)22-17-18-5-3-6-19-17)13-4-2-7-23(9-13)14(10-24)11-25/h3,5-6,8,13-14,24-25H,2,4,7,9-11H2,1H3,(H,18,19,20,21,22). The molecule has 3 rings (SSSR count). The Morgan fingerprint density at radius 1 is 1.24 bits per heavy atom. The van der Waals surface area contributed by atoms with Gasteiger partial charge in [0.2, 0.25) is 5.95 Å². The number of hydrogen-bond acceptors (Lipinski definition) is 8. The van der Waals surface area contributed by atoms with E-state index in [4.69, 9.17) is 0 Å². The third kappa shape index (κ3) is 4.47. The summed E-state index contributed by atoms with van der Waals surface area (Å²) in [5.41, 5.74) is 0.963. The molecule has 3 N–H and O–H groups in total. The number of aryl methyl sites for hydroxylation is 1. The highest BCUT2D eigenvalue weighted by Gasteiger charge is 2.27. The van der Waals surface area contributed by atoms with Crippen LogP contribution in [0.4, 0.5) is 11.8 Å². The van der Waals surface area contributed by atoms with E-state index in [0.29, 0.717) is 17.6 Å². The third-order valence-corrected chi connectivity index (χ3v) is 4.47. The van der Waals surface area contributed by atoms with Crippen LogP contribution in [-0.2, 0) is 0 Å². The Morgan fingerprint density at radius 3 is 2.72 bits per heavy atom. The molecule has 0 bridgehead atoms. The van der Waals surface area contributed by atoms with E-state index >= 15 is 0 Å². The molecule has 0 aliphatic carbocycles. The minimum absolute atomic E-state index is 0.0375. The van der Waals surface area contributed by atoms with E-state index in [1.807, 2.05) is 13.0 Å². The summed E-state index contributed by atoms with van der Waals surface area (Å²) in [4.78, 5) is 19.5. The molecule has 0 aromatic carbocycles. The van der Waals surface area contributed by atoms with Gasteiger partial charge >= 0.3 is 0 Å². The van der Waals surface area contributed by atoms with Crippen molar-refractivity contribution in [1.29, 1.82) is 0 Å². The number of likely N-dealkylation sites (tertiary alicyclic amines) is 1. The van der Waals surface area contributed by atoms with Gasteiger partial charge < -0.3 is 15.5 Å². The zero-order valence-corrected chi connectivity index (χ0v) is 14.3. The molecule has 0 amide bonds. The summed E-state index contributed by atoms with van der Waals surface area (Å²) in [5, 5.41) is 22.0. The molecular formula is C17H24N6O2. The van der Waals surface area contributed by atoms with Gasteiger partial charge in [-0.25, -0.2) is 19.9 Å². The number of nitrogens with zero attached hydrogens (tertiary/aromatic N) is 5. The molecule has 1 aliphatic heterocycles. The number of hydrogen-bond donors (Lipinski definition) is 3. The number of piperidine rings is 1. The summed E-state index contributed by atoms with van der Waals surface area (Å²) in [6, 6.07) is 3.49. The molecule has 0 saturated carbocycles. The molecule has 2 aromatic heterocycles. The minimum atomic E-state index is -0.207. The first-order chi connectivity index (χ1) is 12.2. The second-order valence-electron chi connectivity index (χ2n) is 6.28. The van der Waals surface area contributed by atoms with Crippen LogP contribution < -0.4 is 5.32 Å². The number of rotatable bonds is 6. The highest BCUT2D eigenvalue weighted by molar-refractivity contribution is 5.48. The lowest BCUT2D eigenvalue weighted by Crippen LogP contribution is -2.45. The predicted molar refractivity (Wildman–Crippen MR) is 93.6 cm³/mol. The quantitative estimate of drug-likeness (QED) is 0.708. The highest BCUT2D eigenvalue weighted by Crippen LogP contribution is 2.28. The fourth-order valence-corrected chi connectivity index (χ4v) is 3.21. The lowest BCUT2D eigenvalue weighted by molar-refractivity contribution is 0.0545. The Kier molecular flexibility index (Phi) is 5.85. The summed E-state index contributed by atoms with van der Waals surface area (Å²) in [5.74, 6) is 2.10. The summed E-state index contributed by atoms with van der Waals surface area (Å²) in [6.07, 6.45) is 5.38. The molecule has 1 saturated heterocycles. The topological polar surface area (TPSA) is 107 Å². The van der Waals surface area contributed by atoms with Crippen molar-refractivity contribution < 1.29 is 10.2 Å². The van der Waals surface area contributed by atoms with E-state index in [2.05, 4.69) is 30.2 Å². The van der Waals surface area contributed by atoms with Crippen LogP contribution in [-0.4, -0.2) is 67.4 Å². The summed E-state index contributed by atoms with van der Waals surface area (Å²) >= 11 is 0. The second kappa shape index (κ2) is 8.28. The molecule has 1 fully saturated rings. The molecule has 0 spiro atoms. The maximum absolute atomic E-state index is 9.44. The van der Waals surface area contributed by atoms with E-state index in [1.165, 1.54) is 0 Å². The smallest absolute Gasteiger partial charge is 0.228 e. The van der Waals surface area contributed by atoms with Gasteiger partial charge in [0.1, 0.15) is 11.6 Å². The van der Waals surface area contributed by atoms with Gasteiger partial charge in [0.25, 0.3) is 0 Å². The highest BCUT2D eigenvalue weighted by atomic mass is 16.3. The molecule has 3 heterocycles. The van der Waals surface area contributed by atoms with Gasteiger partial charge in [-0.15, -0.1) is 0 Å². The van der Waals surface area contributed by atoms with Gasteiger partial charge in [0, 0.05) is 30.9 Å². The third-order valence-electron chi connectivity index (χ3n) is 4.47. The van der Waals surface area contributed by atoms with E-state index in [9.17, 15) is 10.2 Å². The first-order valence-corrected chi connectivity index (χ1v) is 8.55. The Bertz CT molecular complexity index is 680. The normalized spacial score (nSPS) is 18.5. The van der Waals surface area contributed by atoms with E-state index in [1.54, 1.807) is 18.5 Å². The molecule has 1 atom stereocenters. The van der Waals surface area contributed by atoms with Gasteiger partial charge in [0.05, 0.1) is 24.9 Å². The van der Waals surface area contributed by atoms with E-state index in [-0.39, 0.29) is 25.2 Å². The van der Waals surface area contributed by atoms with Gasteiger partial charge in [-0.3, -0.25) is 4.90 Å². The molecule has 8 heteroatoms. The molecule has 134 valence electrons. The van der Waals surface area contributed by atoms with Crippen LogP contribution in [0, 0.1) is 6.92 Å². The number of nitrogens with one attached hydrogen (secondary N) is 1. The SMILES string of the molecule is Cc1nc(Nc2ncccn2)cc(C2CCCN(C(CO)CO)C2)n1. The summed E-state index contributed by atoms with van der Waals surface area (Å²) in [6.45, 7) is 3.44. The van der Waals surface area contributed by atoms with Crippen LogP contribution in [0.25, 0.3) is 0 Å². The number of aromatic nitrogens is 4. The lowest BCUT2D eigenvalue weighted by atomic mass is 9.93. The Hall–Kier alpha value is -2.16. The summed E-state index contributed by atoms with van der Waals surface area (Å²) in [7, 11) is 0. The van der Waals surface area contributed by atoms with Gasteiger partial charge in [-0.05, 0) is 32.4 Å². The molecule has 25 heavy (non-hydrogen) atoms. The zero-order valence-electron chi connectivity index (χ0n) is 14.3. The van der Waals surface area contributed by atoms with Crippen LogP contribution in [0.3, 0.4) is 0 Å². The van der Waals surface area contributed by atoms with E-state index in [0.717, 1.165) is 31.6 Å². The molecule has 2 aromatic rings. The monoisotopic (exact) mass is 344 g/mol. The van der Waals surface area contributed by atoms with Crippen LogP contribution in [0.1, 0.15) is 30.3 Å². The van der Waals surface area contributed by atoms with Crippen molar-refractivity contribution >= 4 is 11.8 Å². The lowest BCUT2D eigenvalue weighted by Gasteiger charge is -2.36. The maximum Gasteiger partial charge on any atom is 0.228 e. The first-order valence-electron chi connectivity index (χ1n) is 8.55. The largest absolute Gasteiger partial charge is 0.395 e. The number of aliphatic hydroxyl groups is 2. The van der Waals surface area contributed by atoms with Crippen molar-refractivity contribution in [2.75, 3.05) is 31.6 Å². The van der Waals surface area contributed by atoms with Gasteiger partial charge in [-0.1, -0.05) is 0 Å². The Morgan fingerprint density at radius 2 is 2.00 bits per heavy atom. The average molecular weight is 344 g/mol. The van der Waals surface area contributed by atoms with Crippen molar-refractivity contribution in [2.45, 2.75) is 31.7 Å². The first kappa shape index (κ1) is 17.7. The molecule has 8 nitrogen and oxygen atoms in total. The zero-order chi connectivity index (χ0) is 17.6. The van der Waals surface area contributed by atoms with Crippen LogP contribution in [0.5, 0.6) is 0 Å². The average Bonchev–Trinajstić information content (AvgIpc) is 2.63. The predicted octanol–water partition coefficient (Wildman–Crippen LogP) is 0.851. The molecule has 1 unspecified atom stereocenters. The number of anilines is 2. The molecular weight excluding hydrogens is 320 g/mol. The second-order valence-corrected chi connectivity index (χ2v) is 6.28. The minimum Gasteiger partial charge on any atom is -0.395 e. The fourth-order valence-electron chi connectivity index (χ4n) is 3.21. The van der Waals surface area contributed by atoms with Crippen molar-refractivity contribution in [3.63, 3.8) is 0 Å². The maximum atomic E-state index is 9.44. The van der Waals surface area contributed by atoms with Crippen LogP contribution in [0.15, 0.2) is 24.5 Å². The Balaban J connectivity index is 1.77. The van der Waals surface area contributed by atoms with E-state index < -0.39 is 0 Å². The van der Waals surface area contributed by atoms with Crippen molar-refractivity contribution in [3.8, 4) is 0 Å². The van der Waals surface area contributed by atoms with Crippen LogP contribution >= 0.6 is 0 Å². The van der Waals surface area contributed by atoms with Crippen molar-refractivity contribution in [1.82, 2.24) is 24.8 Å². The van der Waals surface area contributed by atoms with Crippen molar-refractivity contribution in [3.05, 3.63) is 36.0 Å². The van der Waals surface area contributed by atoms with Gasteiger partial charge in [0.15, 0.2) is 0 Å². The summed E-state index contributed by atoms with van der Waals surface area (Å²) < 4.78 is 0. The van der Waals surface area contributed by atoms with Crippen molar-refractivity contribution in [2.24, 2.45) is 0 Å².